The molecule has 0 spiro atoms. The molecule has 5 heteroatoms. The minimum Gasteiger partial charge on any atom is -0.333 e. The smallest absolute Gasteiger partial charge is 0.274 e. The first kappa shape index (κ1) is 13.0. The average molecular weight is 299 g/mol. The molecule has 3 heterocycles. The molecule has 2 aromatic heterocycles. The van der Waals surface area contributed by atoms with E-state index in [2.05, 4.69) is 21.6 Å². The van der Waals surface area contributed by atoms with Crippen LogP contribution in [0, 0.1) is 0 Å². The van der Waals surface area contributed by atoms with Gasteiger partial charge in [-0.2, -0.15) is 5.10 Å². The lowest BCUT2D eigenvalue weighted by molar-refractivity contribution is 0.0728. The Hall–Kier alpha value is -1.75. The van der Waals surface area contributed by atoms with Crippen LogP contribution in [0.4, 0.5) is 0 Å². The third-order valence-corrected chi connectivity index (χ3v) is 5.41. The topological polar surface area (TPSA) is 46.1 Å². The van der Waals surface area contributed by atoms with Gasteiger partial charge in [0.1, 0.15) is 0 Å². The molecule has 0 unspecified atom stereocenters. The van der Waals surface area contributed by atoms with Crippen LogP contribution < -0.4 is 0 Å². The molecule has 4 nitrogen and oxygen atoms in total. The molecule has 2 aromatic rings. The van der Waals surface area contributed by atoms with Gasteiger partial charge in [0, 0.05) is 18.0 Å². The zero-order valence-corrected chi connectivity index (χ0v) is 12.7. The van der Waals surface area contributed by atoms with Gasteiger partial charge in [-0.1, -0.05) is 0 Å². The normalized spacial score (nSPS) is 17.2. The first-order valence-electron chi connectivity index (χ1n) is 7.51. The number of hydrogen-bond donors (Lipinski definition) is 0. The molecule has 0 radical (unpaired) electrons. The fraction of sp³-hybridized carbons (Fsp3) is 0.438. The predicted octanol–water partition coefficient (Wildman–Crippen LogP) is 2.62. The van der Waals surface area contributed by atoms with E-state index in [4.69, 9.17) is 0 Å². The summed E-state index contributed by atoms with van der Waals surface area (Å²) in [6.07, 6.45) is 5.35. The van der Waals surface area contributed by atoms with Crippen LogP contribution in [0.2, 0.25) is 0 Å². The fourth-order valence-electron chi connectivity index (χ4n) is 3.18. The van der Waals surface area contributed by atoms with Crippen molar-refractivity contribution in [1.82, 2.24) is 15.1 Å². The number of rotatable bonds is 1. The maximum absolute atomic E-state index is 12.6. The van der Waals surface area contributed by atoms with E-state index < -0.39 is 0 Å². The molecule has 0 atom stereocenters. The lowest BCUT2D eigenvalue weighted by Crippen LogP contribution is -2.36. The standard InChI is InChI=1S/C16H17N3OS/c20-16(19-7-5-15-12(10-19)6-8-21-15)14-9-11-3-1-2-4-13(11)17-18-14/h6,8-9H,1-5,7,10H2. The van der Waals surface area contributed by atoms with Gasteiger partial charge in [-0.05, 0) is 60.7 Å². The van der Waals surface area contributed by atoms with E-state index >= 15 is 0 Å². The molecule has 0 fully saturated rings. The number of hydrogen-bond acceptors (Lipinski definition) is 4. The van der Waals surface area contributed by atoms with Gasteiger partial charge in [-0.15, -0.1) is 16.4 Å². The van der Waals surface area contributed by atoms with Gasteiger partial charge in [-0.3, -0.25) is 4.79 Å². The Labute approximate surface area is 127 Å². The first-order valence-corrected chi connectivity index (χ1v) is 8.39. The highest BCUT2D eigenvalue weighted by molar-refractivity contribution is 7.10. The van der Waals surface area contributed by atoms with E-state index in [1.54, 1.807) is 11.3 Å². The molecular formula is C16H17N3OS. The minimum absolute atomic E-state index is 0.0210. The average Bonchev–Trinajstić information content (AvgIpc) is 3.01. The minimum atomic E-state index is 0.0210. The van der Waals surface area contributed by atoms with Crippen molar-refractivity contribution in [2.75, 3.05) is 6.54 Å². The summed E-state index contributed by atoms with van der Waals surface area (Å²) in [5.74, 6) is 0.0210. The van der Waals surface area contributed by atoms with E-state index in [0.717, 1.165) is 31.5 Å². The maximum atomic E-state index is 12.6. The van der Waals surface area contributed by atoms with Crippen LogP contribution in [0.1, 0.15) is 45.0 Å². The second kappa shape index (κ2) is 5.22. The third kappa shape index (κ3) is 2.35. The van der Waals surface area contributed by atoms with E-state index in [0.29, 0.717) is 12.2 Å². The largest absolute Gasteiger partial charge is 0.333 e. The lowest BCUT2D eigenvalue weighted by Gasteiger charge is -2.27. The van der Waals surface area contributed by atoms with Crippen molar-refractivity contribution in [1.29, 1.82) is 0 Å². The van der Waals surface area contributed by atoms with Crippen LogP contribution in [0.5, 0.6) is 0 Å². The third-order valence-electron chi connectivity index (χ3n) is 4.38. The summed E-state index contributed by atoms with van der Waals surface area (Å²) in [6, 6.07) is 4.09. The van der Waals surface area contributed by atoms with Crippen molar-refractivity contribution in [3.8, 4) is 0 Å². The number of fused-ring (bicyclic) bond motifs is 2. The number of carbonyl (C=O) groups excluding carboxylic acids is 1. The monoisotopic (exact) mass is 299 g/mol. The molecule has 2 aliphatic rings. The van der Waals surface area contributed by atoms with Crippen LogP contribution in [0.15, 0.2) is 17.5 Å². The van der Waals surface area contributed by atoms with Crippen molar-refractivity contribution in [3.05, 3.63) is 44.9 Å². The molecule has 1 amide bonds. The number of aryl methyl sites for hydroxylation is 2. The summed E-state index contributed by atoms with van der Waals surface area (Å²) < 4.78 is 0. The van der Waals surface area contributed by atoms with Gasteiger partial charge < -0.3 is 4.90 Å². The summed E-state index contributed by atoms with van der Waals surface area (Å²) in [6.45, 7) is 1.49. The molecule has 0 bridgehead atoms. The molecule has 21 heavy (non-hydrogen) atoms. The second-order valence-corrected chi connectivity index (χ2v) is 6.76. The van der Waals surface area contributed by atoms with Crippen LogP contribution >= 0.6 is 11.3 Å². The quantitative estimate of drug-likeness (QED) is 0.813. The van der Waals surface area contributed by atoms with Crippen molar-refractivity contribution < 1.29 is 4.79 Å². The summed E-state index contributed by atoms with van der Waals surface area (Å²) in [5.41, 5.74) is 4.09. The van der Waals surface area contributed by atoms with E-state index in [9.17, 15) is 4.79 Å². The summed E-state index contributed by atoms with van der Waals surface area (Å²) in [4.78, 5) is 16.0. The molecule has 1 aliphatic carbocycles. The van der Waals surface area contributed by atoms with E-state index in [1.807, 2.05) is 11.0 Å². The van der Waals surface area contributed by atoms with Gasteiger partial charge in [0.15, 0.2) is 5.69 Å². The molecule has 0 saturated carbocycles. The Kier molecular flexibility index (Phi) is 3.22. The van der Waals surface area contributed by atoms with Crippen molar-refractivity contribution >= 4 is 17.2 Å². The number of amides is 1. The Bertz CT molecular complexity index is 695. The van der Waals surface area contributed by atoms with Crippen molar-refractivity contribution in [3.63, 3.8) is 0 Å². The van der Waals surface area contributed by atoms with Crippen LogP contribution in [0.3, 0.4) is 0 Å². The van der Waals surface area contributed by atoms with Gasteiger partial charge in [0.05, 0.1) is 5.69 Å². The summed E-state index contributed by atoms with van der Waals surface area (Å²) in [5, 5.41) is 10.6. The summed E-state index contributed by atoms with van der Waals surface area (Å²) >= 11 is 1.79. The van der Waals surface area contributed by atoms with Crippen LogP contribution in [-0.2, 0) is 25.8 Å². The number of thiophene rings is 1. The van der Waals surface area contributed by atoms with E-state index in [1.165, 1.54) is 28.8 Å². The highest BCUT2D eigenvalue weighted by Crippen LogP contribution is 2.25. The molecule has 0 saturated heterocycles. The van der Waals surface area contributed by atoms with Gasteiger partial charge in [-0.25, -0.2) is 0 Å². The SMILES string of the molecule is O=C(c1cc2c(nn1)CCCC2)N1CCc2sccc2C1. The van der Waals surface area contributed by atoms with Gasteiger partial charge in [0.25, 0.3) is 5.91 Å². The molecule has 0 N–H and O–H groups in total. The van der Waals surface area contributed by atoms with Crippen LogP contribution in [0.25, 0.3) is 0 Å². The Morgan fingerprint density at radius 3 is 3.00 bits per heavy atom. The molecule has 0 aromatic carbocycles. The lowest BCUT2D eigenvalue weighted by atomic mass is 9.96. The van der Waals surface area contributed by atoms with Crippen molar-refractivity contribution in [2.45, 2.75) is 38.6 Å². The predicted molar refractivity (Wildman–Crippen MR) is 81.4 cm³/mol. The number of aromatic nitrogens is 2. The highest BCUT2D eigenvalue weighted by Gasteiger charge is 2.24. The van der Waals surface area contributed by atoms with E-state index in [-0.39, 0.29) is 5.91 Å². The Balaban J connectivity index is 1.58. The molecule has 4 rings (SSSR count). The molecular weight excluding hydrogens is 282 g/mol. The van der Waals surface area contributed by atoms with Gasteiger partial charge in [0.2, 0.25) is 0 Å². The van der Waals surface area contributed by atoms with Crippen LogP contribution in [-0.4, -0.2) is 27.5 Å². The number of nitrogens with zero attached hydrogens (tertiary/aromatic N) is 3. The zero-order valence-electron chi connectivity index (χ0n) is 11.8. The van der Waals surface area contributed by atoms with Crippen molar-refractivity contribution in [2.24, 2.45) is 0 Å². The highest BCUT2D eigenvalue weighted by atomic mass is 32.1. The fourth-order valence-corrected chi connectivity index (χ4v) is 4.07. The Morgan fingerprint density at radius 1 is 1.14 bits per heavy atom. The number of carbonyl (C=O) groups is 1. The first-order chi connectivity index (χ1) is 10.3. The zero-order chi connectivity index (χ0) is 14.2. The van der Waals surface area contributed by atoms with Gasteiger partial charge >= 0.3 is 0 Å². The summed E-state index contributed by atoms with van der Waals surface area (Å²) in [7, 11) is 0. The second-order valence-electron chi connectivity index (χ2n) is 5.75. The maximum Gasteiger partial charge on any atom is 0.274 e. The molecule has 108 valence electrons. The Morgan fingerprint density at radius 2 is 2.05 bits per heavy atom. The molecule has 1 aliphatic heterocycles.